The van der Waals surface area contributed by atoms with Gasteiger partial charge in [-0.1, -0.05) is 30.3 Å². The van der Waals surface area contributed by atoms with Gasteiger partial charge >= 0.3 is 18.4 Å². The standard InChI is InChI=1S/C23H25F6NO3/c1-21(2,3)33-20(31)30(4)19(16-8-6-5-7-9-16)14-32-13-15-10-17(22(24,25)26)12-18(11-15)23(27,28)29/h5-12,19H,13-14H2,1-4H3/t19-/m1/s1. The number of benzene rings is 2. The monoisotopic (exact) mass is 477 g/mol. The number of alkyl halides is 6. The van der Waals surface area contributed by atoms with Gasteiger partial charge in [-0.15, -0.1) is 0 Å². The summed E-state index contributed by atoms with van der Waals surface area (Å²) in [6.45, 7) is 4.38. The van der Waals surface area contributed by atoms with E-state index in [-0.39, 0.29) is 18.2 Å². The molecule has 2 aromatic carbocycles. The number of hydrogen-bond donors (Lipinski definition) is 0. The number of carbonyl (C=O) groups excluding carboxylic acids is 1. The van der Waals surface area contributed by atoms with Crippen LogP contribution in [-0.4, -0.2) is 30.2 Å². The first-order valence-electron chi connectivity index (χ1n) is 9.95. The van der Waals surface area contributed by atoms with Crippen LogP contribution in [0.5, 0.6) is 0 Å². The number of amides is 1. The summed E-state index contributed by atoms with van der Waals surface area (Å²) in [5, 5.41) is 0. The van der Waals surface area contributed by atoms with Gasteiger partial charge in [0.25, 0.3) is 0 Å². The van der Waals surface area contributed by atoms with Crippen molar-refractivity contribution < 1.29 is 40.6 Å². The van der Waals surface area contributed by atoms with Crippen molar-refractivity contribution in [3.63, 3.8) is 0 Å². The van der Waals surface area contributed by atoms with Crippen LogP contribution >= 0.6 is 0 Å². The van der Waals surface area contributed by atoms with Crippen LogP contribution in [0.25, 0.3) is 0 Å². The number of ether oxygens (including phenoxy) is 2. The van der Waals surface area contributed by atoms with Crippen LogP contribution in [0.1, 0.15) is 49.1 Å². The first-order valence-corrected chi connectivity index (χ1v) is 9.95. The Hall–Kier alpha value is -2.75. The Kier molecular flexibility index (Phi) is 8.05. The molecule has 0 aliphatic rings. The highest BCUT2D eigenvalue weighted by atomic mass is 19.4. The lowest BCUT2D eigenvalue weighted by molar-refractivity contribution is -0.143. The van der Waals surface area contributed by atoms with Crippen LogP contribution in [0, 0.1) is 0 Å². The van der Waals surface area contributed by atoms with Gasteiger partial charge in [-0.2, -0.15) is 26.3 Å². The fourth-order valence-electron chi connectivity index (χ4n) is 2.96. The molecule has 2 rings (SSSR count). The van der Waals surface area contributed by atoms with E-state index in [1.807, 2.05) is 0 Å². The first kappa shape index (κ1) is 26.5. The van der Waals surface area contributed by atoms with E-state index in [1.54, 1.807) is 51.1 Å². The summed E-state index contributed by atoms with van der Waals surface area (Å²) in [5.41, 5.74) is -3.22. The lowest BCUT2D eigenvalue weighted by atomic mass is 10.0. The Balaban J connectivity index is 2.24. The van der Waals surface area contributed by atoms with Crippen LogP contribution in [0.15, 0.2) is 48.5 Å². The second kappa shape index (κ2) is 10.0. The number of halogens is 6. The molecular weight excluding hydrogens is 452 g/mol. The molecule has 1 amide bonds. The third kappa shape index (κ3) is 7.96. The summed E-state index contributed by atoms with van der Waals surface area (Å²) in [7, 11) is 1.47. The molecule has 0 spiro atoms. The maximum absolute atomic E-state index is 13.1. The van der Waals surface area contributed by atoms with Gasteiger partial charge in [0, 0.05) is 7.05 Å². The molecule has 0 bridgehead atoms. The van der Waals surface area contributed by atoms with E-state index in [1.165, 1.54) is 11.9 Å². The Morgan fingerprint density at radius 1 is 0.909 bits per heavy atom. The Morgan fingerprint density at radius 2 is 1.42 bits per heavy atom. The van der Waals surface area contributed by atoms with Gasteiger partial charge in [-0.25, -0.2) is 4.79 Å². The SMILES string of the molecule is CN(C(=O)OC(C)(C)C)[C@H](COCc1cc(C(F)(F)F)cc(C(F)(F)F)c1)c1ccccc1. The minimum absolute atomic E-state index is 0.0621. The predicted molar refractivity (Wildman–Crippen MR) is 109 cm³/mol. The lowest BCUT2D eigenvalue weighted by Crippen LogP contribution is -2.38. The summed E-state index contributed by atoms with van der Waals surface area (Å²) < 4.78 is 89.3. The number of nitrogens with zero attached hydrogens (tertiary/aromatic N) is 1. The molecule has 0 aromatic heterocycles. The molecule has 0 saturated carbocycles. The second-order valence-electron chi connectivity index (χ2n) is 8.45. The van der Waals surface area contributed by atoms with E-state index >= 15 is 0 Å². The topological polar surface area (TPSA) is 38.8 Å². The highest BCUT2D eigenvalue weighted by molar-refractivity contribution is 5.68. The van der Waals surface area contributed by atoms with E-state index in [9.17, 15) is 31.1 Å². The zero-order chi connectivity index (χ0) is 25.0. The van der Waals surface area contributed by atoms with Crippen LogP contribution in [0.2, 0.25) is 0 Å². The molecule has 0 radical (unpaired) electrons. The molecule has 0 unspecified atom stereocenters. The average Bonchev–Trinajstić information content (AvgIpc) is 2.68. The van der Waals surface area contributed by atoms with E-state index < -0.39 is 47.8 Å². The van der Waals surface area contributed by atoms with Crippen molar-refractivity contribution in [3.8, 4) is 0 Å². The number of rotatable bonds is 6. The van der Waals surface area contributed by atoms with Gasteiger partial charge in [0.1, 0.15) is 5.60 Å². The summed E-state index contributed by atoms with van der Waals surface area (Å²) in [4.78, 5) is 13.8. The van der Waals surface area contributed by atoms with Gasteiger partial charge in [0.2, 0.25) is 0 Å². The maximum atomic E-state index is 13.1. The maximum Gasteiger partial charge on any atom is 0.416 e. The number of likely N-dealkylation sites (N-methyl/N-ethyl adjacent to an activating group) is 1. The van der Waals surface area contributed by atoms with Crippen molar-refractivity contribution in [2.75, 3.05) is 13.7 Å². The van der Waals surface area contributed by atoms with Crippen molar-refractivity contribution >= 4 is 6.09 Å². The Bertz CT molecular complexity index is 904. The Morgan fingerprint density at radius 3 is 1.88 bits per heavy atom. The van der Waals surface area contributed by atoms with Gasteiger partial charge < -0.3 is 14.4 Å². The molecule has 182 valence electrons. The molecular formula is C23H25F6NO3. The highest BCUT2D eigenvalue weighted by Crippen LogP contribution is 2.36. The summed E-state index contributed by atoms with van der Waals surface area (Å²) in [6, 6.07) is 9.27. The molecule has 1 atom stereocenters. The van der Waals surface area contributed by atoms with Crippen LogP contribution in [0.4, 0.5) is 31.1 Å². The van der Waals surface area contributed by atoms with Crippen molar-refractivity contribution in [2.45, 2.75) is 51.4 Å². The summed E-state index contributed by atoms with van der Waals surface area (Å²) in [6.07, 6.45) is -10.5. The van der Waals surface area contributed by atoms with E-state index in [2.05, 4.69) is 0 Å². The fourth-order valence-corrected chi connectivity index (χ4v) is 2.96. The predicted octanol–water partition coefficient (Wildman–Crippen LogP) is 6.85. The van der Waals surface area contributed by atoms with Crippen molar-refractivity contribution in [1.82, 2.24) is 4.90 Å². The molecule has 2 aromatic rings. The zero-order valence-corrected chi connectivity index (χ0v) is 18.6. The molecule has 0 fully saturated rings. The van der Waals surface area contributed by atoms with Crippen molar-refractivity contribution in [3.05, 3.63) is 70.8 Å². The smallest absolute Gasteiger partial charge is 0.416 e. The van der Waals surface area contributed by atoms with Gasteiger partial charge in [0.05, 0.1) is 30.4 Å². The van der Waals surface area contributed by atoms with Gasteiger partial charge in [-0.05, 0) is 50.1 Å². The number of hydrogen-bond acceptors (Lipinski definition) is 3. The largest absolute Gasteiger partial charge is 0.444 e. The molecule has 33 heavy (non-hydrogen) atoms. The average molecular weight is 477 g/mol. The molecule has 0 aliphatic heterocycles. The molecule has 0 N–H and O–H groups in total. The van der Waals surface area contributed by atoms with E-state index in [0.29, 0.717) is 17.7 Å². The van der Waals surface area contributed by atoms with Gasteiger partial charge in [0.15, 0.2) is 0 Å². The third-order valence-electron chi connectivity index (χ3n) is 4.53. The second-order valence-corrected chi connectivity index (χ2v) is 8.45. The molecule has 10 heteroatoms. The summed E-state index contributed by atoms with van der Waals surface area (Å²) in [5.74, 6) is 0. The highest BCUT2D eigenvalue weighted by Gasteiger charge is 2.37. The van der Waals surface area contributed by atoms with Crippen LogP contribution < -0.4 is 0 Å². The van der Waals surface area contributed by atoms with Crippen LogP contribution in [-0.2, 0) is 28.4 Å². The quantitative estimate of drug-likeness (QED) is 0.427. The summed E-state index contributed by atoms with van der Waals surface area (Å²) >= 11 is 0. The third-order valence-corrected chi connectivity index (χ3v) is 4.53. The van der Waals surface area contributed by atoms with Gasteiger partial charge in [-0.3, -0.25) is 0 Å². The van der Waals surface area contributed by atoms with Crippen LogP contribution in [0.3, 0.4) is 0 Å². The molecule has 0 heterocycles. The molecule has 4 nitrogen and oxygen atoms in total. The minimum Gasteiger partial charge on any atom is -0.444 e. The first-order chi connectivity index (χ1) is 15.1. The fraction of sp³-hybridized carbons (Fsp3) is 0.435. The van der Waals surface area contributed by atoms with Crippen molar-refractivity contribution in [2.24, 2.45) is 0 Å². The number of carbonyl (C=O) groups is 1. The van der Waals surface area contributed by atoms with E-state index in [4.69, 9.17) is 9.47 Å². The molecule has 0 aliphatic carbocycles. The van der Waals surface area contributed by atoms with Crippen molar-refractivity contribution in [1.29, 1.82) is 0 Å². The molecule has 0 saturated heterocycles. The Labute approximate surface area is 188 Å². The van der Waals surface area contributed by atoms with E-state index in [0.717, 1.165) is 0 Å². The normalized spacial score (nSPS) is 13.5. The zero-order valence-electron chi connectivity index (χ0n) is 18.6. The minimum atomic E-state index is -4.94. The lowest BCUT2D eigenvalue weighted by Gasteiger charge is -2.31.